The van der Waals surface area contributed by atoms with Crippen LogP contribution in [-0.4, -0.2) is 40.5 Å². The number of nitrogens with zero attached hydrogens (tertiary/aromatic N) is 2. The van der Waals surface area contributed by atoms with Gasteiger partial charge in [0.1, 0.15) is 0 Å². The van der Waals surface area contributed by atoms with Crippen molar-refractivity contribution >= 4 is 11.8 Å². The van der Waals surface area contributed by atoms with E-state index in [2.05, 4.69) is 60.0 Å². The second-order valence-corrected chi connectivity index (χ2v) is 6.78. The fraction of sp³-hybridized carbons (Fsp3) is 0.667. The Bertz CT molecular complexity index is 371. The number of pyridine rings is 1. The summed E-state index contributed by atoms with van der Waals surface area (Å²) in [5.41, 5.74) is 2.43. The second kappa shape index (κ2) is 7.27. The Morgan fingerprint density at radius 1 is 1.47 bits per heavy atom. The van der Waals surface area contributed by atoms with Gasteiger partial charge in [-0.05, 0) is 30.9 Å². The SMILES string of the molecule is CC(C)NCc1ccc(CN(C)C2CCSC2)nc1. The van der Waals surface area contributed by atoms with Crippen LogP contribution in [0.5, 0.6) is 0 Å². The van der Waals surface area contributed by atoms with Crippen molar-refractivity contribution in [1.29, 1.82) is 0 Å². The Labute approximate surface area is 121 Å². The third-order valence-corrected chi connectivity index (χ3v) is 4.69. The summed E-state index contributed by atoms with van der Waals surface area (Å²) in [6.45, 7) is 6.19. The molecule has 0 radical (unpaired) electrons. The Kier molecular flexibility index (Phi) is 5.67. The number of hydrogen-bond donors (Lipinski definition) is 1. The molecule has 2 heterocycles. The van der Waals surface area contributed by atoms with E-state index in [1.807, 2.05) is 6.20 Å². The molecule has 1 atom stereocenters. The molecule has 0 amide bonds. The van der Waals surface area contributed by atoms with Crippen molar-refractivity contribution in [3.63, 3.8) is 0 Å². The van der Waals surface area contributed by atoms with Crippen LogP contribution in [0.25, 0.3) is 0 Å². The lowest BCUT2D eigenvalue weighted by Crippen LogP contribution is -2.31. The molecule has 19 heavy (non-hydrogen) atoms. The average molecular weight is 279 g/mol. The minimum Gasteiger partial charge on any atom is -0.310 e. The first-order chi connectivity index (χ1) is 9.15. The molecule has 1 aliphatic rings. The highest BCUT2D eigenvalue weighted by Gasteiger charge is 2.20. The van der Waals surface area contributed by atoms with Crippen LogP contribution in [0.1, 0.15) is 31.5 Å². The number of aromatic nitrogens is 1. The van der Waals surface area contributed by atoms with E-state index in [0.717, 1.165) is 19.1 Å². The van der Waals surface area contributed by atoms with Gasteiger partial charge < -0.3 is 5.32 Å². The predicted molar refractivity (Wildman–Crippen MR) is 83.4 cm³/mol. The smallest absolute Gasteiger partial charge is 0.0544 e. The van der Waals surface area contributed by atoms with Gasteiger partial charge in [0.25, 0.3) is 0 Å². The van der Waals surface area contributed by atoms with Gasteiger partial charge in [-0.1, -0.05) is 19.9 Å². The fourth-order valence-electron chi connectivity index (χ4n) is 2.23. The van der Waals surface area contributed by atoms with Gasteiger partial charge in [-0.3, -0.25) is 9.88 Å². The van der Waals surface area contributed by atoms with E-state index in [-0.39, 0.29) is 0 Å². The summed E-state index contributed by atoms with van der Waals surface area (Å²) in [6.07, 6.45) is 3.32. The molecular weight excluding hydrogens is 254 g/mol. The topological polar surface area (TPSA) is 28.2 Å². The maximum atomic E-state index is 4.58. The summed E-state index contributed by atoms with van der Waals surface area (Å²) in [5, 5.41) is 3.41. The van der Waals surface area contributed by atoms with Crippen molar-refractivity contribution in [2.24, 2.45) is 0 Å². The Morgan fingerprint density at radius 3 is 2.89 bits per heavy atom. The molecule has 1 aromatic heterocycles. The van der Waals surface area contributed by atoms with Crippen LogP contribution >= 0.6 is 11.8 Å². The van der Waals surface area contributed by atoms with Gasteiger partial charge in [-0.25, -0.2) is 0 Å². The van der Waals surface area contributed by atoms with Crippen molar-refractivity contribution in [3.05, 3.63) is 29.6 Å². The van der Waals surface area contributed by atoms with Gasteiger partial charge in [0.2, 0.25) is 0 Å². The van der Waals surface area contributed by atoms with E-state index < -0.39 is 0 Å². The first kappa shape index (κ1) is 14.8. The minimum atomic E-state index is 0.519. The summed E-state index contributed by atoms with van der Waals surface area (Å²) in [4.78, 5) is 7.02. The summed E-state index contributed by atoms with van der Waals surface area (Å²) in [5.74, 6) is 2.58. The van der Waals surface area contributed by atoms with E-state index >= 15 is 0 Å². The highest BCUT2D eigenvalue weighted by molar-refractivity contribution is 7.99. The van der Waals surface area contributed by atoms with Crippen LogP contribution in [0, 0.1) is 0 Å². The van der Waals surface area contributed by atoms with Crippen molar-refractivity contribution in [3.8, 4) is 0 Å². The lowest BCUT2D eigenvalue weighted by atomic mass is 10.2. The number of rotatable bonds is 6. The van der Waals surface area contributed by atoms with Crippen LogP contribution in [0.3, 0.4) is 0 Å². The van der Waals surface area contributed by atoms with Crippen LogP contribution < -0.4 is 5.32 Å². The summed E-state index contributed by atoms with van der Waals surface area (Å²) < 4.78 is 0. The molecule has 0 aliphatic carbocycles. The minimum absolute atomic E-state index is 0.519. The highest BCUT2D eigenvalue weighted by Crippen LogP contribution is 2.22. The molecule has 1 fully saturated rings. The third-order valence-electron chi connectivity index (χ3n) is 3.54. The average Bonchev–Trinajstić information content (AvgIpc) is 2.92. The van der Waals surface area contributed by atoms with Gasteiger partial charge >= 0.3 is 0 Å². The van der Waals surface area contributed by atoms with Gasteiger partial charge in [-0.2, -0.15) is 11.8 Å². The van der Waals surface area contributed by atoms with Gasteiger partial charge in [0, 0.05) is 37.1 Å². The lowest BCUT2D eigenvalue weighted by molar-refractivity contribution is 0.251. The number of nitrogens with one attached hydrogen (secondary N) is 1. The van der Waals surface area contributed by atoms with Crippen molar-refractivity contribution < 1.29 is 0 Å². The zero-order chi connectivity index (χ0) is 13.7. The standard InChI is InChI=1S/C15H25N3S/c1-12(2)16-8-13-4-5-14(17-9-13)10-18(3)15-6-7-19-11-15/h4-5,9,12,15-16H,6-8,10-11H2,1-3H3. The van der Waals surface area contributed by atoms with Crippen LogP contribution in [0.15, 0.2) is 18.3 Å². The molecule has 1 N–H and O–H groups in total. The highest BCUT2D eigenvalue weighted by atomic mass is 32.2. The molecule has 3 nitrogen and oxygen atoms in total. The fourth-order valence-corrected chi connectivity index (χ4v) is 3.53. The molecule has 0 saturated carbocycles. The van der Waals surface area contributed by atoms with Gasteiger partial charge in [0.15, 0.2) is 0 Å². The predicted octanol–water partition coefficient (Wildman–Crippen LogP) is 2.52. The van der Waals surface area contributed by atoms with E-state index in [1.54, 1.807) is 0 Å². The first-order valence-corrected chi connectivity index (χ1v) is 8.26. The molecule has 4 heteroatoms. The van der Waals surface area contributed by atoms with Crippen molar-refractivity contribution in [1.82, 2.24) is 15.2 Å². The van der Waals surface area contributed by atoms with E-state index in [1.165, 1.54) is 29.2 Å². The molecule has 0 bridgehead atoms. The second-order valence-electron chi connectivity index (χ2n) is 5.63. The van der Waals surface area contributed by atoms with Crippen LogP contribution in [0.2, 0.25) is 0 Å². The zero-order valence-corrected chi connectivity index (χ0v) is 13.0. The molecule has 1 aromatic rings. The Morgan fingerprint density at radius 2 is 2.32 bits per heavy atom. The quantitative estimate of drug-likeness (QED) is 0.866. The van der Waals surface area contributed by atoms with Crippen LogP contribution in [-0.2, 0) is 13.1 Å². The van der Waals surface area contributed by atoms with Crippen molar-refractivity contribution in [2.75, 3.05) is 18.6 Å². The molecule has 0 spiro atoms. The van der Waals surface area contributed by atoms with E-state index in [9.17, 15) is 0 Å². The molecule has 1 aliphatic heterocycles. The monoisotopic (exact) mass is 279 g/mol. The largest absolute Gasteiger partial charge is 0.310 e. The Hall–Kier alpha value is -0.580. The van der Waals surface area contributed by atoms with E-state index in [4.69, 9.17) is 0 Å². The maximum Gasteiger partial charge on any atom is 0.0544 e. The van der Waals surface area contributed by atoms with Crippen molar-refractivity contribution in [2.45, 2.75) is 45.4 Å². The summed E-state index contributed by atoms with van der Waals surface area (Å²) >= 11 is 2.06. The lowest BCUT2D eigenvalue weighted by Gasteiger charge is -2.22. The molecule has 0 aromatic carbocycles. The molecule has 106 valence electrons. The molecule has 1 saturated heterocycles. The van der Waals surface area contributed by atoms with Gasteiger partial charge in [0.05, 0.1) is 5.69 Å². The molecule has 2 rings (SSSR count). The molecular formula is C15H25N3S. The zero-order valence-electron chi connectivity index (χ0n) is 12.2. The first-order valence-electron chi connectivity index (χ1n) is 7.10. The van der Waals surface area contributed by atoms with E-state index in [0.29, 0.717) is 6.04 Å². The normalized spacial score (nSPS) is 19.5. The molecule has 1 unspecified atom stereocenters. The summed E-state index contributed by atoms with van der Waals surface area (Å²) in [7, 11) is 2.21. The Balaban J connectivity index is 1.83. The third kappa shape index (κ3) is 4.79. The number of thioether (sulfide) groups is 1. The summed E-state index contributed by atoms with van der Waals surface area (Å²) in [6, 6.07) is 5.60. The number of hydrogen-bond acceptors (Lipinski definition) is 4. The van der Waals surface area contributed by atoms with Gasteiger partial charge in [-0.15, -0.1) is 0 Å². The van der Waals surface area contributed by atoms with Crippen LogP contribution in [0.4, 0.5) is 0 Å². The maximum absolute atomic E-state index is 4.58.